The third kappa shape index (κ3) is 2.75. The van der Waals surface area contributed by atoms with Gasteiger partial charge in [-0.1, -0.05) is 36.4 Å². The monoisotopic (exact) mass is 293 g/mol. The van der Waals surface area contributed by atoms with Crippen LogP contribution in [0.5, 0.6) is 0 Å². The van der Waals surface area contributed by atoms with Crippen LogP contribution >= 0.6 is 0 Å². The van der Waals surface area contributed by atoms with Gasteiger partial charge < -0.3 is 10.1 Å². The van der Waals surface area contributed by atoms with Crippen molar-refractivity contribution in [3.05, 3.63) is 70.4 Å². The summed E-state index contributed by atoms with van der Waals surface area (Å²) in [4.78, 5) is 14.4. The van der Waals surface area contributed by atoms with Crippen LogP contribution in [0.25, 0.3) is 10.9 Å². The number of rotatable bonds is 4. The largest absolute Gasteiger partial charge is 0.481 e. The zero-order valence-electron chi connectivity index (χ0n) is 12.8. The Morgan fingerprint density at radius 1 is 1.09 bits per heavy atom. The molecule has 0 amide bonds. The topological polar surface area (TPSA) is 53.1 Å². The summed E-state index contributed by atoms with van der Waals surface area (Å²) in [5, 5.41) is 10.3. The van der Waals surface area contributed by atoms with Crippen LogP contribution in [-0.2, 0) is 17.6 Å². The summed E-state index contributed by atoms with van der Waals surface area (Å²) < 4.78 is 0. The van der Waals surface area contributed by atoms with Gasteiger partial charge in [-0.3, -0.25) is 4.79 Å². The van der Waals surface area contributed by atoms with Crippen LogP contribution in [0.4, 0.5) is 0 Å². The van der Waals surface area contributed by atoms with Gasteiger partial charge in [0.2, 0.25) is 0 Å². The molecular weight excluding hydrogens is 274 g/mol. The molecule has 0 spiro atoms. The quantitative estimate of drug-likeness (QED) is 0.764. The Kier molecular flexibility index (Phi) is 3.72. The van der Waals surface area contributed by atoms with Crippen molar-refractivity contribution in [1.82, 2.24) is 4.98 Å². The van der Waals surface area contributed by atoms with E-state index in [1.54, 1.807) is 0 Å². The second kappa shape index (κ2) is 5.68. The number of H-pyrrole nitrogens is 1. The molecular formula is C19H19NO2. The summed E-state index contributed by atoms with van der Waals surface area (Å²) in [5.74, 6) is -0.801. The average molecular weight is 293 g/mol. The van der Waals surface area contributed by atoms with E-state index in [0.29, 0.717) is 0 Å². The van der Waals surface area contributed by atoms with Gasteiger partial charge in [-0.05, 0) is 48.6 Å². The Hall–Kier alpha value is -2.55. The van der Waals surface area contributed by atoms with E-state index in [2.05, 4.69) is 31.0 Å². The maximum Gasteiger partial charge on any atom is 0.307 e. The number of nitrogens with one attached hydrogen (secondary N) is 1. The maximum absolute atomic E-state index is 11.0. The number of benzene rings is 2. The van der Waals surface area contributed by atoms with Crippen LogP contribution in [0.15, 0.2) is 42.5 Å². The molecule has 0 aliphatic carbocycles. The molecule has 2 aromatic carbocycles. The molecule has 0 saturated heterocycles. The summed E-state index contributed by atoms with van der Waals surface area (Å²) in [6.07, 6.45) is 0.859. The summed E-state index contributed by atoms with van der Waals surface area (Å²) in [6, 6.07) is 14.3. The molecule has 3 rings (SSSR count). The van der Waals surface area contributed by atoms with Crippen molar-refractivity contribution >= 4 is 16.9 Å². The molecule has 0 unspecified atom stereocenters. The van der Waals surface area contributed by atoms with Gasteiger partial charge in [0, 0.05) is 16.6 Å². The van der Waals surface area contributed by atoms with E-state index in [4.69, 9.17) is 5.11 Å². The molecule has 0 saturated carbocycles. The highest BCUT2D eigenvalue weighted by molar-refractivity contribution is 5.89. The minimum Gasteiger partial charge on any atom is -0.481 e. The zero-order chi connectivity index (χ0) is 15.7. The lowest BCUT2D eigenvalue weighted by molar-refractivity contribution is -0.136. The standard InChI is InChI=1S/C19H19NO2/c1-12-13(2)20-17-10-15(11-18(21)22)9-16(19(12)17)8-14-6-4-3-5-7-14/h3-7,9-10,20H,8,11H2,1-2H3,(H,21,22). The molecule has 0 radical (unpaired) electrons. The van der Waals surface area contributed by atoms with E-state index in [-0.39, 0.29) is 6.42 Å². The van der Waals surface area contributed by atoms with Crippen LogP contribution < -0.4 is 0 Å². The SMILES string of the molecule is Cc1[nH]c2cc(CC(=O)O)cc(Cc3ccccc3)c2c1C. The van der Waals surface area contributed by atoms with Crippen molar-refractivity contribution in [3.63, 3.8) is 0 Å². The molecule has 0 aliphatic rings. The first-order valence-electron chi connectivity index (χ1n) is 7.41. The van der Waals surface area contributed by atoms with Crippen molar-refractivity contribution in [1.29, 1.82) is 0 Å². The smallest absolute Gasteiger partial charge is 0.307 e. The molecule has 1 aromatic heterocycles. The highest BCUT2D eigenvalue weighted by atomic mass is 16.4. The fraction of sp³-hybridized carbons (Fsp3) is 0.211. The lowest BCUT2D eigenvalue weighted by atomic mass is 9.96. The summed E-state index contributed by atoms with van der Waals surface area (Å²) >= 11 is 0. The number of hydrogen-bond donors (Lipinski definition) is 2. The highest BCUT2D eigenvalue weighted by Gasteiger charge is 2.13. The third-order valence-corrected chi connectivity index (χ3v) is 4.13. The van der Waals surface area contributed by atoms with Crippen LogP contribution in [0.3, 0.4) is 0 Å². The number of carboxylic acid groups (broad SMARTS) is 1. The Balaban J connectivity index is 2.14. The van der Waals surface area contributed by atoms with Crippen LogP contribution in [-0.4, -0.2) is 16.1 Å². The second-order valence-electron chi connectivity index (χ2n) is 5.79. The second-order valence-corrected chi connectivity index (χ2v) is 5.79. The lowest BCUT2D eigenvalue weighted by Crippen LogP contribution is -2.01. The van der Waals surface area contributed by atoms with Gasteiger partial charge in [-0.25, -0.2) is 0 Å². The number of aryl methyl sites for hydroxylation is 2. The first-order chi connectivity index (χ1) is 10.5. The van der Waals surface area contributed by atoms with E-state index in [9.17, 15) is 4.79 Å². The molecule has 0 aliphatic heterocycles. The number of aliphatic carboxylic acids is 1. The van der Waals surface area contributed by atoms with E-state index in [1.165, 1.54) is 22.1 Å². The van der Waals surface area contributed by atoms with Gasteiger partial charge in [-0.15, -0.1) is 0 Å². The number of carbonyl (C=O) groups is 1. The van der Waals surface area contributed by atoms with Crippen molar-refractivity contribution in [2.45, 2.75) is 26.7 Å². The number of hydrogen-bond acceptors (Lipinski definition) is 1. The van der Waals surface area contributed by atoms with Gasteiger partial charge in [0.15, 0.2) is 0 Å². The van der Waals surface area contributed by atoms with Crippen LogP contribution in [0, 0.1) is 13.8 Å². The Labute approximate surface area is 129 Å². The van der Waals surface area contributed by atoms with E-state index in [1.807, 2.05) is 30.3 Å². The fourth-order valence-corrected chi connectivity index (χ4v) is 3.02. The number of fused-ring (bicyclic) bond motifs is 1. The molecule has 3 heteroatoms. The lowest BCUT2D eigenvalue weighted by Gasteiger charge is -2.08. The molecule has 3 nitrogen and oxygen atoms in total. The molecule has 3 aromatic rings. The first-order valence-corrected chi connectivity index (χ1v) is 7.41. The van der Waals surface area contributed by atoms with Crippen molar-refractivity contribution in [2.75, 3.05) is 0 Å². The zero-order valence-corrected chi connectivity index (χ0v) is 12.8. The Bertz CT molecular complexity index is 832. The Morgan fingerprint density at radius 2 is 1.82 bits per heavy atom. The van der Waals surface area contributed by atoms with Gasteiger partial charge in [-0.2, -0.15) is 0 Å². The van der Waals surface area contributed by atoms with Gasteiger partial charge in [0.05, 0.1) is 6.42 Å². The maximum atomic E-state index is 11.0. The van der Waals surface area contributed by atoms with Gasteiger partial charge >= 0.3 is 5.97 Å². The third-order valence-electron chi connectivity index (χ3n) is 4.13. The van der Waals surface area contributed by atoms with Crippen molar-refractivity contribution in [3.8, 4) is 0 Å². The average Bonchev–Trinajstić information content (AvgIpc) is 2.74. The van der Waals surface area contributed by atoms with Crippen molar-refractivity contribution < 1.29 is 9.90 Å². The molecule has 2 N–H and O–H groups in total. The normalized spacial score (nSPS) is 11.0. The number of aromatic nitrogens is 1. The highest BCUT2D eigenvalue weighted by Crippen LogP contribution is 2.28. The van der Waals surface area contributed by atoms with E-state index >= 15 is 0 Å². The minimum absolute atomic E-state index is 0.0504. The summed E-state index contributed by atoms with van der Waals surface area (Å²) in [7, 11) is 0. The first kappa shape index (κ1) is 14.4. The van der Waals surface area contributed by atoms with E-state index in [0.717, 1.165) is 23.2 Å². The number of carboxylic acids is 1. The summed E-state index contributed by atoms with van der Waals surface area (Å²) in [6.45, 7) is 4.16. The molecule has 0 bridgehead atoms. The summed E-state index contributed by atoms with van der Waals surface area (Å²) in [5.41, 5.74) is 6.66. The van der Waals surface area contributed by atoms with Gasteiger partial charge in [0.25, 0.3) is 0 Å². The minimum atomic E-state index is -0.801. The predicted octanol–water partition coefficient (Wildman–Crippen LogP) is 4.00. The Morgan fingerprint density at radius 3 is 2.50 bits per heavy atom. The van der Waals surface area contributed by atoms with Gasteiger partial charge in [0.1, 0.15) is 0 Å². The van der Waals surface area contributed by atoms with E-state index < -0.39 is 5.97 Å². The molecule has 0 fully saturated rings. The van der Waals surface area contributed by atoms with Crippen LogP contribution in [0.2, 0.25) is 0 Å². The molecule has 0 atom stereocenters. The predicted molar refractivity (Wildman–Crippen MR) is 88.4 cm³/mol. The molecule has 22 heavy (non-hydrogen) atoms. The van der Waals surface area contributed by atoms with Crippen molar-refractivity contribution in [2.24, 2.45) is 0 Å². The molecule has 1 heterocycles. The molecule has 112 valence electrons. The fourth-order valence-electron chi connectivity index (χ4n) is 3.02. The number of aromatic amines is 1. The van der Waals surface area contributed by atoms with Crippen LogP contribution in [0.1, 0.15) is 27.9 Å².